The molecule has 0 unspecified atom stereocenters. The molecule has 7 rings (SSSR count). The van der Waals surface area contributed by atoms with Crippen LogP contribution in [0.25, 0.3) is 10.9 Å². The third-order valence-electron chi connectivity index (χ3n) is 8.73. The van der Waals surface area contributed by atoms with E-state index >= 15 is 0 Å². The Hall–Kier alpha value is -5.16. The highest BCUT2D eigenvalue weighted by atomic mass is 16.3. The number of phenols is 1. The molecule has 2 atom stereocenters. The SMILES string of the molecule is CN1CC(=O)N2[C@@H](Cc3ccc(O)cc3)C(=O)N(Cc3ccc4cnn(CC5C=C5)c4c3)C[C@@H]2N1C(=O)NCc1ccccc1. The van der Waals surface area contributed by atoms with Crippen molar-refractivity contribution < 1.29 is 19.5 Å². The molecule has 0 spiro atoms. The largest absolute Gasteiger partial charge is 0.508 e. The second kappa shape index (κ2) is 11.7. The van der Waals surface area contributed by atoms with E-state index in [9.17, 15) is 19.5 Å². The van der Waals surface area contributed by atoms with Crippen LogP contribution >= 0.6 is 0 Å². The predicted molar refractivity (Wildman–Crippen MR) is 167 cm³/mol. The summed E-state index contributed by atoms with van der Waals surface area (Å²) in [6.45, 7) is 1.54. The summed E-state index contributed by atoms with van der Waals surface area (Å²) in [6.07, 6.45) is 5.69. The van der Waals surface area contributed by atoms with E-state index in [-0.39, 0.29) is 43.1 Å². The van der Waals surface area contributed by atoms with Crippen molar-refractivity contribution in [1.29, 1.82) is 0 Å². The van der Waals surface area contributed by atoms with Crippen LogP contribution in [0.15, 0.2) is 91.1 Å². The second-order valence-electron chi connectivity index (χ2n) is 12.0. The summed E-state index contributed by atoms with van der Waals surface area (Å²) in [7, 11) is 1.72. The molecule has 2 N–H and O–H groups in total. The number of hydrogen-bond acceptors (Lipinski definition) is 6. The molecule has 11 nitrogen and oxygen atoms in total. The number of benzene rings is 3. The van der Waals surface area contributed by atoms with Gasteiger partial charge in [0.15, 0.2) is 0 Å². The van der Waals surface area contributed by atoms with Crippen molar-refractivity contribution in [3.05, 3.63) is 108 Å². The number of urea groups is 1. The van der Waals surface area contributed by atoms with E-state index in [2.05, 4.69) is 28.6 Å². The maximum absolute atomic E-state index is 14.2. The third-order valence-corrected chi connectivity index (χ3v) is 8.73. The first-order valence-electron chi connectivity index (χ1n) is 15.2. The van der Waals surface area contributed by atoms with Gasteiger partial charge >= 0.3 is 6.03 Å². The number of aromatic nitrogens is 2. The molecule has 3 aliphatic rings. The highest BCUT2D eigenvalue weighted by molar-refractivity contribution is 5.92. The number of phenolic OH excluding ortho intramolecular Hbond substituents is 1. The molecule has 2 saturated heterocycles. The lowest BCUT2D eigenvalue weighted by atomic mass is 9.98. The molecule has 4 aromatic rings. The van der Waals surface area contributed by atoms with Crippen LogP contribution in [-0.2, 0) is 35.6 Å². The van der Waals surface area contributed by atoms with Crippen molar-refractivity contribution in [1.82, 2.24) is 34.9 Å². The molecule has 0 saturated carbocycles. The Morgan fingerprint density at radius 1 is 0.978 bits per heavy atom. The molecule has 1 aliphatic carbocycles. The van der Waals surface area contributed by atoms with Crippen LogP contribution in [0.2, 0.25) is 0 Å². The quantitative estimate of drug-likeness (QED) is 0.299. The molecule has 0 radical (unpaired) electrons. The number of likely N-dealkylation sites (N-methyl/N-ethyl adjacent to an activating group) is 1. The summed E-state index contributed by atoms with van der Waals surface area (Å²) >= 11 is 0. The first-order valence-corrected chi connectivity index (χ1v) is 15.2. The number of fused-ring (bicyclic) bond motifs is 2. The molecular formula is C34H35N7O4. The molecule has 45 heavy (non-hydrogen) atoms. The number of nitrogens with one attached hydrogen (secondary N) is 1. The maximum Gasteiger partial charge on any atom is 0.334 e. The fraction of sp³-hybridized carbons (Fsp3) is 0.294. The highest BCUT2D eigenvalue weighted by Gasteiger charge is 2.50. The van der Waals surface area contributed by atoms with Crippen molar-refractivity contribution in [2.75, 3.05) is 20.1 Å². The minimum atomic E-state index is -0.825. The number of amides is 4. The summed E-state index contributed by atoms with van der Waals surface area (Å²) in [5.74, 6) is 0.146. The average molecular weight is 606 g/mol. The van der Waals surface area contributed by atoms with Crippen molar-refractivity contribution >= 4 is 28.7 Å². The maximum atomic E-state index is 14.2. The lowest BCUT2D eigenvalue weighted by Crippen LogP contribution is -2.76. The van der Waals surface area contributed by atoms with E-state index in [0.29, 0.717) is 19.0 Å². The number of rotatable bonds is 8. The zero-order chi connectivity index (χ0) is 31.1. The van der Waals surface area contributed by atoms with Crippen LogP contribution in [-0.4, -0.2) is 84.9 Å². The average Bonchev–Trinajstić information content (AvgIpc) is 3.77. The fourth-order valence-corrected chi connectivity index (χ4v) is 6.34. The van der Waals surface area contributed by atoms with Crippen molar-refractivity contribution in [3.63, 3.8) is 0 Å². The van der Waals surface area contributed by atoms with Gasteiger partial charge in [-0.05, 0) is 34.9 Å². The van der Waals surface area contributed by atoms with Gasteiger partial charge < -0.3 is 20.2 Å². The Bertz CT molecular complexity index is 1760. The number of carbonyl (C=O) groups excluding carboxylic acids is 3. The Kier molecular flexibility index (Phi) is 7.46. The molecule has 4 amide bonds. The molecule has 2 aliphatic heterocycles. The lowest BCUT2D eigenvalue weighted by Gasteiger charge is -2.54. The molecular weight excluding hydrogens is 570 g/mol. The summed E-state index contributed by atoms with van der Waals surface area (Å²) in [5, 5.41) is 21.6. The van der Waals surface area contributed by atoms with E-state index in [4.69, 9.17) is 0 Å². The van der Waals surface area contributed by atoms with Crippen molar-refractivity contribution in [2.24, 2.45) is 5.92 Å². The smallest absolute Gasteiger partial charge is 0.334 e. The van der Waals surface area contributed by atoms with Crippen LogP contribution in [0.4, 0.5) is 4.79 Å². The highest BCUT2D eigenvalue weighted by Crippen LogP contribution is 2.30. The number of aromatic hydroxyl groups is 1. The third kappa shape index (κ3) is 5.86. The number of piperazine rings is 1. The zero-order valence-electron chi connectivity index (χ0n) is 25.0. The number of hydrazine groups is 1. The topological polar surface area (TPSA) is 114 Å². The van der Waals surface area contributed by atoms with Gasteiger partial charge in [0.2, 0.25) is 11.8 Å². The fourth-order valence-electron chi connectivity index (χ4n) is 6.34. The van der Waals surface area contributed by atoms with Gasteiger partial charge in [-0.25, -0.2) is 14.8 Å². The summed E-state index contributed by atoms with van der Waals surface area (Å²) < 4.78 is 1.99. The predicted octanol–water partition coefficient (Wildman–Crippen LogP) is 3.11. The minimum absolute atomic E-state index is 0.0366. The molecule has 230 valence electrons. The van der Waals surface area contributed by atoms with E-state index in [1.807, 2.05) is 53.3 Å². The standard InChI is InChI=1S/C34H35N7O4/c1-37-22-32(43)40-30(15-23-10-13-28(42)14-11-23)33(44)38(21-31(40)41(37)34(45)35-17-24-5-3-2-4-6-24)19-26-9-12-27-18-36-39(29(27)16-26)20-25-7-8-25/h2-14,16,18,25,30-31,42H,15,17,19-22H2,1H3,(H,35,45)/t30-,31-/m0/s1. The minimum Gasteiger partial charge on any atom is -0.508 e. The van der Waals surface area contributed by atoms with Gasteiger partial charge in [0.25, 0.3) is 0 Å². The Morgan fingerprint density at radius 2 is 1.73 bits per heavy atom. The monoisotopic (exact) mass is 605 g/mol. The Balaban J connectivity index is 1.19. The number of nitrogens with zero attached hydrogens (tertiary/aromatic N) is 6. The van der Waals surface area contributed by atoms with Gasteiger partial charge in [0, 0.05) is 37.9 Å². The molecule has 2 fully saturated rings. The molecule has 1 aromatic heterocycles. The number of allylic oxidation sites excluding steroid dienone is 2. The van der Waals surface area contributed by atoms with Crippen LogP contribution < -0.4 is 5.32 Å². The summed E-state index contributed by atoms with van der Waals surface area (Å²) in [5.41, 5.74) is 3.70. The van der Waals surface area contributed by atoms with Gasteiger partial charge in [0.1, 0.15) is 18.0 Å². The van der Waals surface area contributed by atoms with E-state index in [1.54, 1.807) is 51.1 Å². The van der Waals surface area contributed by atoms with Crippen LogP contribution in [0.5, 0.6) is 5.75 Å². The summed E-state index contributed by atoms with van der Waals surface area (Å²) in [4.78, 5) is 44.9. The Labute approximate surface area is 260 Å². The van der Waals surface area contributed by atoms with Crippen LogP contribution in [0, 0.1) is 5.92 Å². The van der Waals surface area contributed by atoms with Gasteiger partial charge in [-0.1, -0.05) is 66.7 Å². The first kappa shape index (κ1) is 28.6. The number of carbonyl (C=O) groups is 3. The van der Waals surface area contributed by atoms with Gasteiger partial charge in [0.05, 0.1) is 31.3 Å². The Morgan fingerprint density at radius 3 is 2.49 bits per heavy atom. The van der Waals surface area contributed by atoms with E-state index in [1.165, 1.54) is 0 Å². The second-order valence-corrected chi connectivity index (χ2v) is 12.0. The molecule has 0 bridgehead atoms. The van der Waals surface area contributed by atoms with Gasteiger partial charge in [-0.3, -0.25) is 14.3 Å². The van der Waals surface area contributed by atoms with E-state index < -0.39 is 12.2 Å². The number of hydrogen-bond donors (Lipinski definition) is 2. The van der Waals surface area contributed by atoms with E-state index in [0.717, 1.165) is 34.1 Å². The normalized spacial score (nSPS) is 20.2. The summed E-state index contributed by atoms with van der Waals surface area (Å²) in [6, 6.07) is 21.2. The van der Waals surface area contributed by atoms with Gasteiger partial charge in [-0.2, -0.15) is 5.10 Å². The molecule has 3 aromatic carbocycles. The molecule has 3 heterocycles. The van der Waals surface area contributed by atoms with Crippen LogP contribution in [0.1, 0.15) is 16.7 Å². The van der Waals surface area contributed by atoms with Crippen molar-refractivity contribution in [2.45, 2.75) is 38.3 Å². The van der Waals surface area contributed by atoms with Crippen LogP contribution in [0.3, 0.4) is 0 Å². The van der Waals surface area contributed by atoms with Crippen molar-refractivity contribution in [3.8, 4) is 5.75 Å². The lowest BCUT2D eigenvalue weighted by molar-refractivity contribution is -0.187. The first-order chi connectivity index (χ1) is 21.8. The van der Waals surface area contributed by atoms with Gasteiger partial charge in [-0.15, -0.1) is 0 Å². The molecule has 11 heteroatoms. The zero-order valence-corrected chi connectivity index (χ0v) is 25.0.